The molecular weight excluding hydrogens is 316 g/mol. The molecule has 4 aromatic rings. The van der Waals surface area contributed by atoms with Crippen LogP contribution >= 0.6 is 22.7 Å². The molecule has 1 amide bonds. The summed E-state index contributed by atoms with van der Waals surface area (Å²) in [4.78, 5) is 21.0. The Labute approximate surface area is 133 Å². The van der Waals surface area contributed by atoms with Gasteiger partial charge in [0.2, 0.25) is 0 Å². The van der Waals surface area contributed by atoms with Crippen molar-refractivity contribution in [2.75, 3.05) is 5.43 Å². The molecule has 0 spiro atoms. The summed E-state index contributed by atoms with van der Waals surface area (Å²) in [5.41, 5.74) is 5.94. The lowest BCUT2D eigenvalue weighted by Crippen LogP contribution is -2.22. The van der Waals surface area contributed by atoms with Gasteiger partial charge in [-0.25, -0.2) is 14.6 Å². The Hall–Kier alpha value is -2.51. The molecule has 1 N–H and O–H groups in total. The summed E-state index contributed by atoms with van der Waals surface area (Å²) in [5.74, 6) is -0.249. The van der Waals surface area contributed by atoms with Gasteiger partial charge in [-0.3, -0.25) is 10.2 Å². The number of carbonyl (C=O) groups excluding carboxylic acids is 1. The number of para-hydroxylation sites is 2. The molecule has 0 aliphatic rings. The van der Waals surface area contributed by atoms with Crippen molar-refractivity contribution < 1.29 is 4.79 Å². The minimum Gasteiger partial charge on any atom is -0.266 e. The van der Waals surface area contributed by atoms with Crippen molar-refractivity contribution in [2.45, 2.75) is 0 Å². The van der Waals surface area contributed by atoms with Gasteiger partial charge in [-0.05, 0) is 23.6 Å². The highest BCUT2D eigenvalue weighted by atomic mass is 32.1. The Bertz CT molecular complexity index is 939. The number of aromatic nitrogens is 3. The Morgan fingerprint density at radius 3 is 2.95 bits per heavy atom. The molecule has 0 aliphatic heterocycles. The van der Waals surface area contributed by atoms with Crippen LogP contribution in [0.25, 0.3) is 21.6 Å². The van der Waals surface area contributed by atoms with Gasteiger partial charge in [-0.2, -0.15) is 11.3 Å². The fourth-order valence-electron chi connectivity index (χ4n) is 2.11. The summed E-state index contributed by atoms with van der Waals surface area (Å²) < 4.78 is 1.61. The monoisotopic (exact) mass is 326 g/mol. The molecule has 22 heavy (non-hydrogen) atoms. The lowest BCUT2D eigenvalue weighted by atomic mass is 10.3. The van der Waals surface area contributed by atoms with Crippen LogP contribution in [0.1, 0.15) is 10.5 Å². The smallest absolute Gasteiger partial charge is 0.266 e. The van der Waals surface area contributed by atoms with Gasteiger partial charge < -0.3 is 0 Å². The van der Waals surface area contributed by atoms with Crippen LogP contribution in [-0.4, -0.2) is 20.6 Å². The van der Waals surface area contributed by atoms with E-state index in [9.17, 15) is 4.79 Å². The van der Waals surface area contributed by atoms with Crippen molar-refractivity contribution >= 4 is 39.6 Å². The average Bonchev–Trinajstić information content (AvgIpc) is 3.28. The van der Waals surface area contributed by atoms with E-state index in [1.165, 1.54) is 11.3 Å². The summed E-state index contributed by atoms with van der Waals surface area (Å²) >= 11 is 3.07. The zero-order chi connectivity index (χ0) is 14.9. The van der Waals surface area contributed by atoms with Gasteiger partial charge >= 0.3 is 0 Å². The summed E-state index contributed by atoms with van der Waals surface area (Å²) in [5, 5.41) is 6.63. The molecule has 7 heteroatoms. The fraction of sp³-hybridized carbons (Fsp3) is 0. The van der Waals surface area contributed by atoms with Crippen molar-refractivity contribution in [3.63, 3.8) is 0 Å². The van der Waals surface area contributed by atoms with Gasteiger partial charge in [0.05, 0.1) is 11.0 Å². The second-order valence-corrected chi connectivity index (χ2v) is 6.23. The largest absolute Gasteiger partial charge is 0.289 e. The van der Waals surface area contributed by atoms with Gasteiger partial charge in [-0.15, -0.1) is 11.3 Å². The average molecular weight is 326 g/mol. The molecule has 108 valence electrons. The number of hydrogen-bond acceptors (Lipinski definition) is 5. The molecule has 0 aliphatic carbocycles. The number of fused-ring (bicyclic) bond motifs is 1. The summed E-state index contributed by atoms with van der Waals surface area (Å²) in [6.07, 6.45) is 1.59. The zero-order valence-electron chi connectivity index (χ0n) is 11.3. The van der Waals surface area contributed by atoms with E-state index in [0.29, 0.717) is 5.69 Å². The van der Waals surface area contributed by atoms with E-state index in [0.717, 1.165) is 21.6 Å². The van der Waals surface area contributed by atoms with E-state index >= 15 is 0 Å². The highest BCUT2D eigenvalue weighted by molar-refractivity contribution is 7.14. The number of hydrogen-bond donors (Lipinski definition) is 1. The first-order valence-electron chi connectivity index (χ1n) is 6.53. The predicted molar refractivity (Wildman–Crippen MR) is 88.9 cm³/mol. The number of amides is 1. The third kappa shape index (κ3) is 2.30. The van der Waals surface area contributed by atoms with Crippen molar-refractivity contribution in [1.29, 1.82) is 0 Å². The van der Waals surface area contributed by atoms with Crippen LogP contribution in [-0.2, 0) is 0 Å². The first-order valence-corrected chi connectivity index (χ1v) is 8.35. The van der Waals surface area contributed by atoms with Crippen molar-refractivity contribution in [3.05, 3.63) is 58.5 Å². The maximum Gasteiger partial charge on any atom is 0.289 e. The normalized spacial score (nSPS) is 10.9. The predicted octanol–water partition coefficient (Wildman–Crippen LogP) is 3.61. The first-order chi connectivity index (χ1) is 10.8. The van der Waals surface area contributed by atoms with E-state index in [1.807, 2.05) is 41.1 Å². The quantitative estimate of drug-likeness (QED) is 0.626. The highest BCUT2D eigenvalue weighted by Gasteiger charge is 2.13. The highest BCUT2D eigenvalue weighted by Crippen LogP contribution is 2.25. The Kier molecular flexibility index (Phi) is 3.21. The number of nitrogens with one attached hydrogen (secondary N) is 1. The number of nitrogens with zero attached hydrogens (tertiary/aromatic N) is 3. The second-order valence-electron chi connectivity index (χ2n) is 4.59. The van der Waals surface area contributed by atoms with Gasteiger partial charge in [0.1, 0.15) is 17.0 Å². The maximum absolute atomic E-state index is 12.3. The third-order valence-corrected chi connectivity index (χ3v) is 4.76. The van der Waals surface area contributed by atoms with Crippen molar-refractivity contribution in [2.24, 2.45) is 0 Å². The molecule has 0 radical (unpaired) electrons. The summed E-state index contributed by atoms with van der Waals surface area (Å²) in [6, 6.07) is 9.61. The molecular formula is C15H10N4OS2. The molecule has 4 rings (SSSR count). The zero-order valence-corrected chi connectivity index (χ0v) is 12.9. The topological polar surface area (TPSA) is 59.8 Å². The van der Waals surface area contributed by atoms with Crippen LogP contribution in [0.4, 0.5) is 0 Å². The minimum absolute atomic E-state index is 0.249. The number of carbonyl (C=O) groups is 1. The van der Waals surface area contributed by atoms with Gasteiger partial charge in [0.15, 0.2) is 0 Å². The van der Waals surface area contributed by atoms with Crippen LogP contribution in [0.15, 0.2) is 52.8 Å². The molecule has 0 unspecified atom stereocenters. The number of benzene rings is 1. The van der Waals surface area contributed by atoms with Crippen LogP contribution < -0.4 is 5.43 Å². The molecule has 5 nitrogen and oxygen atoms in total. The van der Waals surface area contributed by atoms with E-state index in [4.69, 9.17) is 0 Å². The van der Waals surface area contributed by atoms with E-state index in [2.05, 4.69) is 15.4 Å². The van der Waals surface area contributed by atoms with E-state index in [-0.39, 0.29) is 5.91 Å². The molecule has 0 saturated heterocycles. The van der Waals surface area contributed by atoms with E-state index < -0.39 is 0 Å². The fourth-order valence-corrected chi connectivity index (χ4v) is 3.62. The number of rotatable bonds is 3. The third-order valence-electron chi connectivity index (χ3n) is 3.18. The molecule has 1 aromatic carbocycles. The standard InChI is InChI=1S/C15H10N4OS2/c20-14(12-8-22-15(17-12)10-5-6-21-7-10)18-19-9-16-11-3-1-2-4-13(11)19/h1-9H,(H,18,20). The second kappa shape index (κ2) is 5.36. The summed E-state index contributed by atoms with van der Waals surface area (Å²) in [7, 11) is 0. The molecule has 3 aromatic heterocycles. The minimum atomic E-state index is -0.249. The molecule has 0 saturated carbocycles. The van der Waals surface area contributed by atoms with Gasteiger partial charge in [0.25, 0.3) is 5.91 Å². The van der Waals surface area contributed by atoms with E-state index in [1.54, 1.807) is 27.7 Å². The molecule has 0 bridgehead atoms. The van der Waals surface area contributed by atoms with Crippen LogP contribution in [0, 0.1) is 0 Å². The van der Waals surface area contributed by atoms with Crippen molar-refractivity contribution in [1.82, 2.24) is 14.6 Å². The maximum atomic E-state index is 12.3. The Morgan fingerprint density at radius 1 is 1.18 bits per heavy atom. The van der Waals surface area contributed by atoms with Crippen LogP contribution in [0.2, 0.25) is 0 Å². The van der Waals surface area contributed by atoms with Gasteiger partial charge in [0, 0.05) is 16.3 Å². The number of thiazole rings is 1. The van der Waals surface area contributed by atoms with Crippen LogP contribution in [0.5, 0.6) is 0 Å². The number of thiophene rings is 1. The van der Waals surface area contributed by atoms with Crippen LogP contribution in [0.3, 0.4) is 0 Å². The SMILES string of the molecule is O=C(Nn1cnc2ccccc21)c1csc(-c2ccsc2)n1. The first kappa shape index (κ1) is 13.2. The van der Waals surface area contributed by atoms with Gasteiger partial charge in [-0.1, -0.05) is 12.1 Å². The number of imidazole rings is 1. The van der Waals surface area contributed by atoms with Crippen molar-refractivity contribution in [3.8, 4) is 10.6 Å². The Morgan fingerprint density at radius 2 is 2.09 bits per heavy atom. The Balaban J connectivity index is 1.60. The lowest BCUT2D eigenvalue weighted by Gasteiger charge is -2.04. The lowest BCUT2D eigenvalue weighted by molar-refractivity contribution is 0.100. The molecule has 0 atom stereocenters. The molecule has 0 fully saturated rings. The summed E-state index contributed by atoms with van der Waals surface area (Å²) in [6.45, 7) is 0. The molecule has 3 heterocycles.